The minimum atomic E-state index is -1.34. The number of methoxy groups -OCH3 is 1. The standard InChI is InChI=1S/C35H70O6/c1-9-30(5)22-15-13-19-28-38-35(27-21-24-32(7)11-3,39-29-20-14-16-25-33(12-4)37-8)41-40-34(36)26-18-17-23-31(6)10-2/h30-33H,9-29H2,1-8H3. The van der Waals surface area contributed by atoms with E-state index in [9.17, 15) is 4.79 Å². The molecule has 0 aliphatic rings. The van der Waals surface area contributed by atoms with Crippen LogP contribution in [0.3, 0.4) is 0 Å². The summed E-state index contributed by atoms with van der Waals surface area (Å²) in [6.07, 6.45) is 19.3. The highest BCUT2D eigenvalue weighted by molar-refractivity contribution is 5.68. The Balaban J connectivity index is 5.13. The quantitative estimate of drug-likeness (QED) is 0.0361. The van der Waals surface area contributed by atoms with Crippen molar-refractivity contribution in [3.8, 4) is 0 Å². The Labute approximate surface area is 255 Å². The van der Waals surface area contributed by atoms with Gasteiger partial charge in [-0.15, -0.1) is 4.89 Å². The summed E-state index contributed by atoms with van der Waals surface area (Å²) in [6.45, 7) is 16.7. The Morgan fingerprint density at radius 3 is 1.59 bits per heavy atom. The lowest BCUT2D eigenvalue weighted by Crippen LogP contribution is -2.41. The van der Waals surface area contributed by atoms with Gasteiger partial charge in [-0.3, -0.25) is 4.89 Å². The maximum atomic E-state index is 12.6. The van der Waals surface area contributed by atoms with Gasteiger partial charge in [-0.2, -0.15) is 0 Å². The highest BCUT2D eigenvalue weighted by atomic mass is 17.3. The first kappa shape index (κ1) is 40.3. The first-order valence-electron chi connectivity index (χ1n) is 17.4. The predicted octanol–water partition coefficient (Wildman–Crippen LogP) is 10.6. The maximum absolute atomic E-state index is 12.6. The van der Waals surface area contributed by atoms with Gasteiger partial charge in [-0.05, 0) is 56.3 Å². The summed E-state index contributed by atoms with van der Waals surface area (Å²) in [5, 5.41) is 0. The van der Waals surface area contributed by atoms with Crippen LogP contribution in [0.1, 0.15) is 170 Å². The van der Waals surface area contributed by atoms with Crippen molar-refractivity contribution in [2.75, 3.05) is 20.3 Å². The van der Waals surface area contributed by atoms with Crippen molar-refractivity contribution in [1.29, 1.82) is 0 Å². The smallest absolute Gasteiger partial charge is 0.342 e. The molecule has 0 aliphatic heterocycles. The molecule has 0 bridgehead atoms. The molecule has 0 heterocycles. The summed E-state index contributed by atoms with van der Waals surface area (Å²) in [7, 11) is 1.79. The first-order chi connectivity index (χ1) is 19.7. The Bertz CT molecular complexity index is 581. The molecule has 0 saturated heterocycles. The molecular formula is C35H70O6. The second kappa shape index (κ2) is 26.9. The van der Waals surface area contributed by atoms with Crippen LogP contribution in [0.15, 0.2) is 0 Å². The van der Waals surface area contributed by atoms with Crippen LogP contribution in [0.4, 0.5) is 0 Å². The summed E-state index contributed by atoms with van der Waals surface area (Å²) in [6, 6.07) is 0. The summed E-state index contributed by atoms with van der Waals surface area (Å²) < 4.78 is 18.2. The highest BCUT2D eigenvalue weighted by Gasteiger charge is 2.36. The zero-order valence-corrected chi connectivity index (χ0v) is 28.6. The van der Waals surface area contributed by atoms with Crippen LogP contribution < -0.4 is 0 Å². The van der Waals surface area contributed by atoms with Gasteiger partial charge in [0.1, 0.15) is 0 Å². The molecule has 0 radical (unpaired) electrons. The van der Waals surface area contributed by atoms with Gasteiger partial charge in [0, 0.05) is 20.0 Å². The molecule has 41 heavy (non-hydrogen) atoms. The van der Waals surface area contributed by atoms with E-state index < -0.39 is 5.97 Å². The van der Waals surface area contributed by atoms with Crippen molar-refractivity contribution >= 4 is 5.97 Å². The van der Waals surface area contributed by atoms with Crippen molar-refractivity contribution < 1.29 is 28.8 Å². The summed E-state index contributed by atoms with van der Waals surface area (Å²) >= 11 is 0. The maximum Gasteiger partial charge on any atom is 0.342 e. The third kappa shape index (κ3) is 22.5. The van der Waals surface area contributed by atoms with Crippen molar-refractivity contribution in [2.45, 2.75) is 183 Å². The molecule has 5 unspecified atom stereocenters. The fourth-order valence-electron chi connectivity index (χ4n) is 4.84. The molecule has 6 nitrogen and oxygen atoms in total. The Morgan fingerprint density at radius 1 is 0.610 bits per heavy atom. The molecule has 0 aliphatic carbocycles. The first-order valence-corrected chi connectivity index (χ1v) is 17.4. The zero-order chi connectivity index (χ0) is 30.8. The lowest BCUT2D eigenvalue weighted by atomic mass is 10.0. The number of rotatable bonds is 30. The zero-order valence-electron chi connectivity index (χ0n) is 28.6. The molecule has 0 fully saturated rings. The third-order valence-corrected chi connectivity index (χ3v) is 8.80. The van der Waals surface area contributed by atoms with E-state index in [0.29, 0.717) is 44.0 Å². The summed E-state index contributed by atoms with van der Waals surface area (Å²) in [4.78, 5) is 23.8. The fraction of sp³-hybridized carbons (Fsp3) is 0.971. The average molecular weight is 587 g/mol. The molecule has 0 saturated carbocycles. The van der Waals surface area contributed by atoms with E-state index in [1.54, 1.807) is 7.11 Å². The van der Waals surface area contributed by atoms with Crippen LogP contribution in [0.25, 0.3) is 0 Å². The SMILES string of the molecule is CCC(C)CCCCCOC(CCCC(C)CC)(OCCCCCC(CC)OC)OOC(=O)CCCCC(C)CC. The van der Waals surface area contributed by atoms with Gasteiger partial charge < -0.3 is 14.2 Å². The molecule has 246 valence electrons. The van der Waals surface area contributed by atoms with Crippen LogP contribution in [0.5, 0.6) is 0 Å². The lowest BCUT2D eigenvalue weighted by molar-refractivity contribution is -0.491. The number of hydrogen-bond donors (Lipinski definition) is 0. The van der Waals surface area contributed by atoms with Crippen LogP contribution in [-0.2, 0) is 28.8 Å². The van der Waals surface area contributed by atoms with Gasteiger partial charge in [0.15, 0.2) is 0 Å². The van der Waals surface area contributed by atoms with E-state index >= 15 is 0 Å². The van der Waals surface area contributed by atoms with E-state index in [1.807, 2.05) is 0 Å². The van der Waals surface area contributed by atoms with Crippen molar-refractivity contribution in [1.82, 2.24) is 0 Å². The molecule has 0 spiro atoms. The fourth-order valence-corrected chi connectivity index (χ4v) is 4.84. The average Bonchev–Trinajstić information content (AvgIpc) is 2.98. The minimum absolute atomic E-state index is 0.326. The Morgan fingerprint density at radius 2 is 1.10 bits per heavy atom. The minimum Gasteiger partial charge on any atom is -0.381 e. The number of carbonyl (C=O) groups is 1. The van der Waals surface area contributed by atoms with Crippen LogP contribution in [0, 0.1) is 17.8 Å². The Kier molecular flexibility index (Phi) is 26.4. The molecule has 0 aromatic rings. The van der Waals surface area contributed by atoms with Crippen molar-refractivity contribution in [2.24, 2.45) is 17.8 Å². The second-order valence-electron chi connectivity index (χ2n) is 12.6. The van der Waals surface area contributed by atoms with Gasteiger partial charge in [0.25, 0.3) is 0 Å². The predicted molar refractivity (Wildman–Crippen MR) is 171 cm³/mol. The Hall–Kier alpha value is -0.690. The highest BCUT2D eigenvalue weighted by Crippen LogP contribution is 2.27. The van der Waals surface area contributed by atoms with Crippen LogP contribution in [-0.4, -0.2) is 38.4 Å². The normalized spacial score (nSPS) is 16.2. The molecule has 0 N–H and O–H groups in total. The van der Waals surface area contributed by atoms with E-state index in [-0.39, 0.29) is 5.97 Å². The van der Waals surface area contributed by atoms with Gasteiger partial charge in [0.05, 0.1) is 19.3 Å². The monoisotopic (exact) mass is 587 g/mol. The van der Waals surface area contributed by atoms with Crippen LogP contribution >= 0.6 is 0 Å². The molecule has 0 aromatic heterocycles. The third-order valence-electron chi connectivity index (χ3n) is 8.80. The van der Waals surface area contributed by atoms with E-state index in [2.05, 4.69) is 48.5 Å². The van der Waals surface area contributed by atoms with Gasteiger partial charge in [0.2, 0.25) is 0 Å². The van der Waals surface area contributed by atoms with Crippen molar-refractivity contribution in [3.05, 3.63) is 0 Å². The molecular weight excluding hydrogens is 516 g/mol. The summed E-state index contributed by atoms with van der Waals surface area (Å²) in [5.41, 5.74) is 0. The van der Waals surface area contributed by atoms with Gasteiger partial charge in [-0.25, -0.2) is 4.79 Å². The molecule has 5 atom stereocenters. The van der Waals surface area contributed by atoms with E-state index in [0.717, 1.165) is 89.4 Å². The number of carbonyl (C=O) groups excluding carboxylic acids is 1. The molecule has 6 heteroatoms. The molecule has 0 aromatic carbocycles. The number of ether oxygens (including phenoxy) is 3. The van der Waals surface area contributed by atoms with Crippen molar-refractivity contribution in [3.63, 3.8) is 0 Å². The number of unbranched alkanes of at least 4 members (excludes halogenated alkanes) is 5. The van der Waals surface area contributed by atoms with E-state index in [4.69, 9.17) is 24.0 Å². The van der Waals surface area contributed by atoms with E-state index in [1.165, 1.54) is 25.7 Å². The van der Waals surface area contributed by atoms with Gasteiger partial charge >= 0.3 is 11.9 Å². The topological polar surface area (TPSA) is 63.2 Å². The summed E-state index contributed by atoms with van der Waals surface area (Å²) in [5.74, 6) is 0.396. The van der Waals surface area contributed by atoms with Gasteiger partial charge in [-0.1, -0.05) is 119 Å². The molecule has 0 rings (SSSR count). The number of hydrogen-bond acceptors (Lipinski definition) is 6. The molecule has 0 amide bonds. The second-order valence-corrected chi connectivity index (χ2v) is 12.6. The lowest BCUT2D eigenvalue weighted by Gasteiger charge is -2.31. The van der Waals surface area contributed by atoms with Crippen LogP contribution in [0.2, 0.25) is 0 Å². The largest absolute Gasteiger partial charge is 0.381 e.